The molecule has 116 valence electrons. The van der Waals surface area contributed by atoms with Crippen LogP contribution < -0.4 is 10.1 Å². The van der Waals surface area contributed by atoms with Crippen molar-refractivity contribution in [2.75, 3.05) is 20.3 Å². The average molecular weight is 283 g/mol. The number of nitrogens with one attached hydrogen (secondary N) is 1. The second-order valence-corrected chi connectivity index (χ2v) is 5.11. The molecule has 2 atom stereocenters. The van der Waals surface area contributed by atoms with E-state index in [1.54, 1.807) is 13.3 Å². The zero-order chi connectivity index (χ0) is 15.1. The van der Waals surface area contributed by atoms with E-state index >= 15 is 0 Å². The van der Waals surface area contributed by atoms with Crippen molar-refractivity contribution in [2.24, 2.45) is 5.92 Å². The molecule has 0 amide bonds. The molecule has 2 unspecified atom stereocenters. The molecular weight excluding hydrogens is 254 g/mol. The smallest absolute Gasteiger partial charge is 0.161 e. The minimum absolute atomic E-state index is 0.0809. The molecule has 0 radical (unpaired) electrons. The third kappa shape index (κ3) is 3.73. The van der Waals surface area contributed by atoms with Gasteiger partial charge in [0.2, 0.25) is 0 Å². The zero-order valence-electron chi connectivity index (χ0n) is 13.6. The van der Waals surface area contributed by atoms with Crippen LogP contribution in [0.4, 0.5) is 0 Å². The fourth-order valence-electron chi connectivity index (χ4n) is 2.56. The Bertz CT molecular complexity index is 369. The summed E-state index contributed by atoms with van der Waals surface area (Å²) in [5.41, 5.74) is 1.07. The highest BCUT2D eigenvalue weighted by molar-refractivity contribution is 5.29. The largest absolute Gasteiger partial charge is 0.493 e. The van der Waals surface area contributed by atoms with Crippen LogP contribution in [0.1, 0.15) is 46.4 Å². The molecule has 0 aliphatic heterocycles. The fourth-order valence-corrected chi connectivity index (χ4v) is 2.56. The third-order valence-electron chi connectivity index (χ3n) is 3.43. The second-order valence-electron chi connectivity index (χ2n) is 5.11. The first-order valence-electron chi connectivity index (χ1n) is 7.55. The maximum Gasteiger partial charge on any atom is 0.161 e. The minimum Gasteiger partial charge on any atom is -0.493 e. The van der Waals surface area contributed by atoms with Gasteiger partial charge in [-0.3, -0.25) is 4.68 Å². The van der Waals surface area contributed by atoms with E-state index in [4.69, 9.17) is 9.47 Å². The van der Waals surface area contributed by atoms with Crippen molar-refractivity contribution in [1.29, 1.82) is 0 Å². The lowest BCUT2D eigenvalue weighted by Crippen LogP contribution is -2.38. The molecule has 1 aromatic rings. The number of rotatable bonds is 9. The zero-order valence-corrected chi connectivity index (χ0v) is 13.6. The Morgan fingerprint density at radius 3 is 2.45 bits per heavy atom. The molecule has 20 heavy (non-hydrogen) atoms. The van der Waals surface area contributed by atoms with Crippen LogP contribution in [0.5, 0.6) is 5.75 Å². The van der Waals surface area contributed by atoms with Crippen molar-refractivity contribution in [3.8, 4) is 5.75 Å². The molecular formula is C15H29N3O2. The number of methoxy groups -OCH3 is 1. The van der Waals surface area contributed by atoms with E-state index in [0.717, 1.165) is 24.5 Å². The van der Waals surface area contributed by atoms with Gasteiger partial charge in [0.1, 0.15) is 0 Å². The molecule has 1 rings (SSSR count). The summed E-state index contributed by atoms with van der Waals surface area (Å²) in [4.78, 5) is 0. The van der Waals surface area contributed by atoms with Crippen molar-refractivity contribution in [3.05, 3.63) is 11.9 Å². The van der Waals surface area contributed by atoms with Crippen molar-refractivity contribution >= 4 is 0 Å². The van der Waals surface area contributed by atoms with Crippen LogP contribution in [0.15, 0.2) is 6.20 Å². The second kappa shape index (κ2) is 8.27. The number of aromatic nitrogens is 2. The highest BCUT2D eigenvalue weighted by Gasteiger charge is 2.31. The molecule has 0 aliphatic carbocycles. The molecule has 0 aliphatic rings. The first-order chi connectivity index (χ1) is 9.60. The van der Waals surface area contributed by atoms with Crippen LogP contribution in [0, 0.1) is 5.92 Å². The van der Waals surface area contributed by atoms with Crippen LogP contribution in [0.25, 0.3) is 0 Å². The van der Waals surface area contributed by atoms with E-state index < -0.39 is 0 Å². The van der Waals surface area contributed by atoms with Crippen molar-refractivity contribution in [3.63, 3.8) is 0 Å². The van der Waals surface area contributed by atoms with Gasteiger partial charge in [0.25, 0.3) is 0 Å². The summed E-state index contributed by atoms with van der Waals surface area (Å²) < 4.78 is 13.5. The van der Waals surface area contributed by atoms with Crippen molar-refractivity contribution < 1.29 is 9.47 Å². The lowest BCUT2D eigenvalue weighted by Gasteiger charge is -2.31. The number of hydrogen-bond donors (Lipinski definition) is 1. The van der Waals surface area contributed by atoms with E-state index in [2.05, 4.69) is 38.1 Å². The number of aryl methyl sites for hydroxylation is 1. The summed E-state index contributed by atoms with van der Waals surface area (Å²) in [6.45, 7) is 13.0. The Kier molecular flexibility index (Phi) is 7.02. The Labute approximate surface area is 122 Å². The molecule has 0 saturated heterocycles. The summed E-state index contributed by atoms with van der Waals surface area (Å²) in [6, 6.07) is 0.0809. The Hall–Kier alpha value is -1.07. The Morgan fingerprint density at radius 1 is 1.30 bits per heavy atom. The van der Waals surface area contributed by atoms with Crippen molar-refractivity contribution in [2.45, 2.75) is 53.3 Å². The lowest BCUT2D eigenvalue weighted by atomic mass is 9.96. The van der Waals surface area contributed by atoms with Crippen LogP contribution in [0.3, 0.4) is 0 Å². The molecule has 1 heterocycles. The third-order valence-corrected chi connectivity index (χ3v) is 3.43. The van der Waals surface area contributed by atoms with Gasteiger partial charge >= 0.3 is 0 Å². The molecule has 0 bridgehead atoms. The first-order valence-corrected chi connectivity index (χ1v) is 7.55. The maximum absolute atomic E-state index is 5.98. The summed E-state index contributed by atoms with van der Waals surface area (Å²) in [5.74, 6) is 1.23. The van der Waals surface area contributed by atoms with Gasteiger partial charge in [0.05, 0.1) is 31.1 Å². The summed E-state index contributed by atoms with van der Waals surface area (Å²) in [6.07, 6.45) is 1.88. The van der Waals surface area contributed by atoms with Gasteiger partial charge in [-0.15, -0.1) is 0 Å². The number of ether oxygens (including phenoxy) is 2. The molecule has 0 saturated carbocycles. The highest BCUT2D eigenvalue weighted by atomic mass is 16.5. The van der Waals surface area contributed by atoms with Gasteiger partial charge in [0.15, 0.2) is 5.75 Å². The monoisotopic (exact) mass is 283 g/mol. The van der Waals surface area contributed by atoms with E-state index in [1.165, 1.54) is 0 Å². The Morgan fingerprint density at radius 2 is 2.00 bits per heavy atom. The lowest BCUT2D eigenvalue weighted by molar-refractivity contribution is 0.000592. The van der Waals surface area contributed by atoms with Crippen LogP contribution >= 0.6 is 0 Å². The molecule has 1 N–H and O–H groups in total. The van der Waals surface area contributed by atoms with Gasteiger partial charge in [0, 0.05) is 13.2 Å². The van der Waals surface area contributed by atoms with Gasteiger partial charge in [-0.1, -0.05) is 20.8 Å². The van der Waals surface area contributed by atoms with Gasteiger partial charge in [-0.25, -0.2) is 0 Å². The molecule has 0 spiro atoms. The van der Waals surface area contributed by atoms with Crippen LogP contribution in [-0.4, -0.2) is 36.1 Å². The number of nitrogens with zero attached hydrogens (tertiary/aromatic N) is 2. The maximum atomic E-state index is 5.98. The van der Waals surface area contributed by atoms with Crippen molar-refractivity contribution in [1.82, 2.24) is 15.1 Å². The van der Waals surface area contributed by atoms with Gasteiger partial charge in [-0.2, -0.15) is 5.10 Å². The first kappa shape index (κ1) is 17.0. The predicted octanol–water partition coefficient (Wildman–Crippen LogP) is 2.62. The number of hydrogen-bond acceptors (Lipinski definition) is 4. The minimum atomic E-state index is 0.0809. The molecule has 5 heteroatoms. The van der Waals surface area contributed by atoms with Crippen LogP contribution in [-0.2, 0) is 11.3 Å². The topological polar surface area (TPSA) is 48.3 Å². The Balaban J connectivity index is 3.20. The van der Waals surface area contributed by atoms with Gasteiger partial charge in [-0.05, 0) is 26.3 Å². The SMILES string of the molecule is CCNC(c1c(OC)cnn1CC)C(OCC)C(C)C. The molecule has 0 aromatic carbocycles. The molecule has 1 aromatic heterocycles. The van der Waals surface area contributed by atoms with Gasteiger partial charge < -0.3 is 14.8 Å². The van der Waals surface area contributed by atoms with E-state index in [1.807, 2.05) is 11.6 Å². The van der Waals surface area contributed by atoms with E-state index in [0.29, 0.717) is 12.5 Å². The van der Waals surface area contributed by atoms with E-state index in [-0.39, 0.29) is 12.1 Å². The summed E-state index contributed by atoms with van der Waals surface area (Å²) in [5, 5.41) is 7.94. The number of likely N-dealkylation sites (N-methyl/N-ethyl adjacent to an activating group) is 1. The standard InChI is InChI=1S/C15H29N3O2/c1-7-16-13(15(11(4)5)20-9-3)14-12(19-6)10-17-18(14)8-2/h10-11,13,15-16H,7-9H2,1-6H3. The summed E-state index contributed by atoms with van der Waals surface area (Å²) in [7, 11) is 1.69. The quantitative estimate of drug-likeness (QED) is 0.757. The summed E-state index contributed by atoms with van der Waals surface area (Å²) >= 11 is 0. The predicted molar refractivity (Wildman–Crippen MR) is 81.1 cm³/mol. The average Bonchev–Trinajstić information content (AvgIpc) is 2.85. The highest BCUT2D eigenvalue weighted by Crippen LogP contribution is 2.31. The van der Waals surface area contributed by atoms with E-state index in [9.17, 15) is 0 Å². The normalized spacial score (nSPS) is 14.6. The molecule has 0 fully saturated rings. The molecule has 5 nitrogen and oxygen atoms in total. The fraction of sp³-hybridized carbons (Fsp3) is 0.800. The van der Waals surface area contributed by atoms with Crippen LogP contribution in [0.2, 0.25) is 0 Å².